The van der Waals surface area contributed by atoms with Crippen molar-refractivity contribution in [3.05, 3.63) is 11.9 Å². The van der Waals surface area contributed by atoms with Gasteiger partial charge in [-0.25, -0.2) is 4.98 Å². The van der Waals surface area contributed by atoms with Crippen molar-refractivity contribution in [1.29, 1.82) is 0 Å². The lowest BCUT2D eigenvalue weighted by atomic mass is 10.0. The van der Waals surface area contributed by atoms with Crippen LogP contribution in [0.1, 0.15) is 32.0 Å². The van der Waals surface area contributed by atoms with Gasteiger partial charge >= 0.3 is 0 Å². The summed E-state index contributed by atoms with van der Waals surface area (Å²) in [6.07, 6.45) is 3.05. The molecule has 5 heteroatoms. The number of anilines is 1. The van der Waals surface area contributed by atoms with Gasteiger partial charge < -0.3 is 15.2 Å². The summed E-state index contributed by atoms with van der Waals surface area (Å²) in [6.45, 7) is 5.04. The molecule has 1 atom stereocenters. The molecule has 0 aliphatic heterocycles. The summed E-state index contributed by atoms with van der Waals surface area (Å²) in [5.74, 6) is 2.50. The van der Waals surface area contributed by atoms with Gasteiger partial charge in [0.2, 0.25) is 5.88 Å². The standard InChI is InChI=1S/C13H23N3O2/c1-4-5-11(6-7-17)9-14-12-8-13(18-3)16-10(2)15-12/h8,11,17H,4-7,9H2,1-3H3,(H,14,15,16). The van der Waals surface area contributed by atoms with Crippen LogP contribution in [0.4, 0.5) is 5.82 Å². The van der Waals surface area contributed by atoms with Gasteiger partial charge in [0, 0.05) is 19.2 Å². The first kappa shape index (κ1) is 14.7. The van der Waals surface area contributed by atoms with Crippen molar-refractivity contribution in [3.8, 4) is 5.88 Å². The molecule has 0 saturated carbocycles. The number of aliphatic hydroxyl groups is 1. The van der Waals surface area contributed by atoms with Gasteiger partial charge in [0.05, 0.1) is 7.11 Å². The smallest absolute Gasteiger partial charge is 0.218 e. The Morgan fingerprint density at radius 3 is 2.78 bits per heavy atom. The zero-order valence-corrected chi connectivity index (χ0v) is 11.4. The van der Waals surface area contributed by atoms with E-state index in [2.05, 4.69) is 22.2 Å². The zero-order valence-electron chi connectivity index (χ0n) is 11.4. The van der Waals surface area contributed by atoms with Crippen LogP contribution in [0.3, 0.4) is 0 Å². The molecule has 0 spiro atoms. The van der Waals surface area contributed by atoms with Crippen LogP contribution >= 0.6 is 0 Å². The highest BCUT2D eigenvalue weighted by Gasteiger charge is 2.08. The fourth-order valence-electron chi connectivity index (χ4n) is 1.92. The van der Waals surface area contributed by atoms with Crippen molar-refractivity contribution in [3.63, 3.8) is 0 Å². The Hall–Kier alpha value is -1.36. The molecular weight excluding hydrogens is 230 g/mol. The van der Waals surface area contributed by atoms with Crippen LogP contribution in [0, 0.1) is 12.8 Å². The quantitative estimate of drug-likeness (QED) is 0.741. The molecule has 0 aromatic carbocycles. The van der Waals surface area contributed by atoms with Crippen LogP contribution in [0.5, 0.6) is 5.88 Å². The molecule has 2 N–H and O–H groups in total. The molecule has 0 bridgehead atoms. The van der Waals surface area contributed by atoms with Crippen LogP contribution in [0.25, 0.3) is 0 Å². The topological polar surface area (TPSA) is 67.3 Å². The second kappa shape index (κ2) is 7.87. The molecule has 1 aromatic rings. The molecule has 1 unspecified atom stereocenters. The zero-order chi connectivity index (χ0) is 13.4. The SMILES string of the molecule is CCCC(CCO)CNc1cc(OC)nc(C)n1. The number of ether oxygens (including phenoxy) is 1. The van der Waals surface area contributed by atoms with Gasteiger partial charge in [0.15, 0.2) is 0 Å². The number of aliphatic hydroxyl groups excluding tert-OH is 1. The maximum atomic E-state index is 9.01. The summed E-state index contributed by atoms with van der Waals surface area (Å²) in [4.78, 5) is 8.45. The molecular formula is C13H23N3O2. The first-order valence-corrected chi connectivity index (χ1v) is 6.44. The van der Waals surface area contributed by atoms with E-state index in [1.165, 1.54) is 0 Å². The predicted molar refractivity (Wildman–Crippen MR) is 71.9 cm³/mol. The number of nitrogens with one attached hydrogen (secondary N) is 1. The minimum absolute atomic E-state index is 0.235. The third kappa shape index (κ3) is 4.87. The average Bonchev–Trinajstić information content (AvgIpc) is 2.36. The van der Waals surface area contributed by atoms with Gasteiger partial charge in [-0.1, -0.05) is 13.3 Å². The van der Waals surface area contributed by atoms with Gasteiger partial charge in [-0.05, 0) is 25.7 Å². The maximum absolute atomic E-state index is 9.01. The lowest BCUT2D eigenvalue weighted by Gasteiger charge is -2.16. The fourth-order valence-corrected chi connectivity index (χ4v) is 1.92. The Morgan fingerprint density at radius 2 is 2.17 bits per heavy atom. The van der Waals surface area contributed by atoms with Crippen LogP contribution < -0.4 is 10.1 Å². The Labute approximate surface area is 109 Å². The minimum atomic E-state index is 0.235. The van der Waals surface area contributed by atoms with Crippen molar-refractivity contribution >= 4 is 5.82 Å². The van der Waals surface area contributed by atoms with Gasteiger partial charge in [-0.15, -0.1) is 0 Å². The van der Waals surface area contributed by atoms with E-state index in [-0.39, 0.29) is 6.61 Å². The lowest BCUT2D eigenvalue weighted by molar-refractivity contribution is 0.255. The van der Waals surface area contributed by atoms with Crippen LogP contribution in [0.15, 0.2) is 6.07 Å². The Morgan fingerprint density at radius 1 is 1.39 bits per heavy atom. The number of aromatic nitrogens is 2. The monoisotopic (exact) mass is 253 g/mol. The van der Waals surface area contributed by atoms with E-state index in [1.54, 1.807) is 13.2 Å². The van der Waals surface area contributed by atoms with Gasteiger partial charge in [0.25, 0.3) is 0 Å². The molecule has 0 aliphatic carbocycles. The van der Waals surface area contributed by atoms with E-state index >= 15 is 0 Å². The lowest BCUT2D eigenvalue weighted by Crippen LogP contribution is -2.16. The predicted octanol–water partition coefficient (Wildman–Crippen LogP) is 2.00. The number of hydrogen-bond donors (Lipinski definition) is 2. The van der Waals surface area contributed by atoms with E-state index in [0.717, 1.165) is 31.6 Å². The molecule has 1 rings (SSSR count). The molecule has 1 aromatic heterocycles. The normalized spacial score (nSPS) is 12.2. The number of hydrogen-bond acceptors (Lipinski definition) is 5. The van der Waals surface area contributed by atoms with E-state index in [0.29, 0.717) is 17.6 Å². The summed E-state index contributed by atoms with van der Waals surface area (Å²) in [7, 11) is 1.59. The minimum Gasteiger partial charge on any atom is -0.481 e. The van der Waals surface area contributed by atoms with Crippen molar-refractivity contribution in [1.82, 2.24) is 9.97 Å². The van der Waals surface area contributed by atoms with E-state index in [1.807, 2.05) is 6.92 Å². The Balaban J connectivity index is 2.57. The van der Waals surface area contributed by atoms with Crippen molar-refractivity contribution in [2.75, 3.05) is 25.6 Å². The second-order valence-corrected chi connectivity index (χ2v) is 4.39. The first-order valence-electron chi connectivity index (χ1n) is 6.44. The highest BCUT2D eigenvalue weighted by molar-refractivity contribution is 5.38. The highest BCUT2D eigenvalue weighted by atomic mass is 16.5. The van der Waals surface area contributed by atoms with Crippen LogP contribution in [-0.2, 0) is 0 Å². The van der Waals surface area contributed by atoms with Gasteiger partial charge in [0.1, 0.15) is 11.6 Å². The summed E-state index contributed by atoms with van der Waals surface area (Å²) < 4.78 is 5.11. The number of nitrogens with zero attached hydrogens (tertiary/aromatic N) is 2. The van der Waals surface area contributed by atoms with Crippen molar-refractivity contribution in [2.24, 2.45) is 5.92 Å². The molecule has 0 radical (unpaired) electrons. The summed E-state index contributed by atoms with van der Waals surface area (Å²) >= 11 is 0. The van der Waals surface area contributed by atoms with Crippen molar-refractivity contribution in [2.45, 2.75) is 33.1 Å². The third-order valence-corrected chi connectivity index (χ3v) is 2.83. The molecule has 0 fully saturated rings. The van der Waals surface area contributed by atoms with Crippen LogP contribution in [-0.4, -0.2) is 35.3 Å². The molecule has 1 heterocycles. The largest absolute Gasteiger partial charge is 0.481 e. The third-order valence-electron chi connectivity index (χ3n) is 2.83. The molecule has 0 amide bonds. The summed E-state index contributed by atoms with van der Waals surface area (Å²) in [5, 5.41) is 12.3. The maximum Gasteiger partial charge on any atom is 0.218 e. The molecule has 0 aliphatic rings. The van der Waals surface area contributed by atoms with E-state index in [4.69, 9.17) is 9.84 Å². The summed E-state index contributed by atoms with van der Waals surface area (Å²) in [6, 6.07) is 1.79. The van der Waals surface area contributed by atoms with Crippen LogP contribution in [0.2, 0.25) is 0 Å². The molecule has 102 valence electrons. The van der Waals surface area contributed by atoms with E-state index < -0.39 is 0 Å². The second-order valence-electron chi connectivity index (χ2n) is 4.39. The number of methoxy groups -OCH3 is 1. The molecule has 18 heavy (non-hydrogen) atoms. The van der Waals surface area contributed by atoms with Gasteiger partial charge in [-0.3, -0.25) is 0 Å². The fraction of sp³-hybridized carbons (Fsp3) is 0.692. The summed E-state index contributed by atoms with van der Waals surface area (Å²) in [5.41, 5.74) is 0. The Kier molecular flexibility index (Phi) is 6.43. The molecule has 5 nitrogen and oxygen atoms in total. The highest BCUT2D eigenvalue weighted by Crippen LogP contribution is 2.15. The first-order chi connectivity index (χ1) is 8.69. The Bertz CT molecular complexity index is 352. The average molecular weight is 253 g/mol. The number of aryl methyl sites for hydroxylation is 1. The number of rotatable bonds is 8. The van der Waals surface area contributed by atoms with Gasteiger partial charge in [-0.2, -0.15) is 4.98 Å². The van der Waals surface area contributed by atoms with Crippen molar-refractivity contribution < 1.29 is 9.84 Å². The molecule has 0 saturated heterocycles. The van der Waals surface area contributed by atoms with E-state index in [9.17, 15) is 0 Å².